The zero-order valence-corrected chi connectivity index (χ0v) is 18.4. The fourth-order valence-corrected chi connectivity index (χ4v) is 6.56. The predicted octanol–water partition coefficient (Wildman–Crippen LogP) is 6.34. The highest BCUT2D eigenvalue weighted by atomic mass is 16.3. The molecule has 0 saturated heterocycles. The van der Waals surface area contributed by atoms with E-state index in [9.17, 15) is 10.2 Å². The van der Waals surface area contributed by atoms with Crippen molar-refractivity contribution in [3.8, 4) is 0 Å². The summed E-state index contributed by atoms with van der Waals surface area (Å²) in [6.45, 7) is 11.2. The molecule has 2 heteroatoms. The predicted molar refractivity (Wildman–Crippen MR) is 118 cm³/mol. The van der Waals surface area contributed by atoms with E-state index in [4.69, 9.17) is 0 Å². The summed E-state index contributed by atoms with van der Waals surface area (Å²) in [5.74, 6) is 2.44. The number of aliphatic hydroxyl groups is 2. The van der Waals surface area contributed by atoms with Gasteiger partial charge in [0.15, 0.2) is 0 Å². The molecule has 2 unspecified atom stereocenters. The largest absolute Gasteiger partial charge is 0.388 e. The highest BCUT2D eigenvalue weighted by Crippen LogP contribution is 2.59. The number of unbranched alkanes of at least 4 members (excludes halogenated alkanes) is 2. The van der Waals surface area contributed by atoms with Crippen molar-refractivity contribution >= 4 is 0 Å². The Morgan fingerprint density at radius 3 is 2.54 bits per heavy atom. The molecule has 0 aromatic heterocycles. The van der Waals surface area contributed by atoms with Crippen LogP contribution in [0.2, 0.25) is 0 Å². The highest BCUT2D eigenvalue weighted by molar-refractivity contribution is 5.29. The molecule has 0 bridgehead atoms. The summed E-state index contributed by atoms with van der Waals surface area (Å²) in [6, 6.07) is 0. The summed E-state index contributed by atoms with van der Waals surface area (Å²) < 4.78 is 0. The third kappa shape index (κ3) is 4.49. The molecule has 6 atom stereocenters. The van der Waals surface area contributed by atoms with E-state index in [0.717, 1.165) is 23.3 Å². The van der Waals surface area contributed by atoms with Gasteiger partial charge in [-0.1, -0.05) is 76.3 Å². The molecule has 0 radical (unpaired) electrons. The molecule has 2 nitrogen and oxygen atoms in total. The van der Waals surface area contributed by atoms with Gasteiger partial charge in [0.2, 0.25) is 0 Å². The second-order valence-electron chi connectivity index (χ2n) is 10.2. The second kappa shape index (κ2) is 9.30. The standard InChI is InChI=1S/C26H42O2/c1-5-6-7-9-18(2)22-13-14-23-21(10-8-15-26(22,23)4)12-11-20-16-24(27)19(3)25(28)17-20/h11-12,18,22-25,27-28H,3,5-10,13-17H2,1-2,4H3/b21-12+/t18-,22?,23?,24+,25+,26+/m0/s1. The molecule has 0 amide bonds. The highest BCUT2D eigenvalue weighted by Gasteiger charge is 2.50. The first kappa shape index (κ1) is 21.8. The van der Waals surface area contributed by atoms with E-state index in [0.29, 0.717) is 23.8 Å². The van der Waals surface area contributed by atoms with Crippen LogP contribution in [-0.4, -0.2) is 22.4 Å². The smallest absolute Gasteiger partial charge is 0.0809 e. The van der Waals surface area contributed by atoms with Crippen molar-refractivity contribution in [1.82, 2.24) is 0 Å². The average molecular weight is 387 g/mol. The maximum Gasteiger partial charge on any atom is 0.0809 e. The first-order valence-corrected chi connectivity index (χ1v) is 11.8. The van der Waals surface area contributed by atoms with Gasteiger partial charge in [-0.25, -0.2) is 0 Å². The van der Waals surface area contributed by atoms with Crippen LogP contribution in [0.4, 0.5) is 0 Å². The van der Waals surface area contributed by atoms with Crippen LogP contribution in [-0.2, 0) is 0 Å². The Bertz CT molecular complexity index is 600. The van der Waals surface area contributed by atoms with Gasteiger partial charge in [0.1, 0.15) is 0 Å². The molecule has 0 aliphatic heterocycles. The molecule has 3 fully saturated rings. The van der Waals surface area contributed by atoms with Crippen LogP contribution in [0.3, 0.4) is 0 Å². The fraction of sp³-hybridized carbons (Fsp3) is 0.769. The minimum Gasteiger partial charge on any atom is -0.388 e. The Morgan fingerprint density at radius 1 is 1.14 bits per heavy atom. The minimum atomic E-state index is -0.593. The lowest BCUT2D eigenvalue weighted by Crippen LogP contribution is -2.36. The van der Waals surface area contributed by atoms with E-state index in [1.807, 2.05) is 0 Å². The number of hydrogen-bond acceptors (Lipinski definition) is 2. The molecular formula is C26H42O2. The topological polar surface area (TPSA) is 40.5 Å². The van der Waals surface area contributed by atoms with E-state index in [1.54, 1.807) is 5.57 Å². The van der Waals surface area contributed by atoms with E-state index >= 15 is 0 Å². The maximum absolute atomic E-state index is 10.1. The molecule has 3 aliphatic carbocycles. The molecule has 0 aromatic rings. The Kier molecular flexibility index (Phi) is 7.26. The van der Waals surface area contributed by atoms with Crippen molar-refractivity contribution in [1.29, 1.82) is 0 Å². The van der Waals surface area contributed by atoms with Crippen molar-refractivity contribution in [2.45, 2.75) is 104 Å². The van der Waals surface area contributed by atoms with Crippen LogP contribution < -0.4 is 0 Å². The molecule has 0 spiro atoms. The summed E-state index contributed by atoms with van der Waals surface area (Å²) in [7, 11) is 0. The molecule has 3 saturated carbocycles. The van der Waals surface area contributed by atoms with Gasteiger partial charge >= 0.3 is 0 Å². The first-order valence-electron chi connectivity index (χ1n) is 11.8. The van der Waals surface area contributed by atoms with Gasteiger partial charge in [-0.2, -0.15) is 0 Å². The minimum absolute atomic E-state index is 0.466. The van der Waals surface area contributed by atoms with Crippen molar-refractivity contribution in [3.05, 3.63) is 35.5 Å². The van der Waals surface area contributed by atoms with Crippen molar-refractivity contribution in [2.75, 3.05) is 0 Å². The summed E-state index contributed by atoms with van der Waals surface area (Å²) in [4.78, 5) is 0. The molecule has 0 heterocycles. The maximum atomic E-state index is 10.1. The van der Waals surface area contributed by atoms with Gasteiger partial charge in [0, 0.05) is 0 Å². The Morgan fingerprint density at radius 2 is 1.86 bits per heavy atom. The van der Waals surface area contributed by atoms with Crippen LogP contribution in [0, 0.1) is 23.2 Å². The molecule has 3 rings (SSSR count). The van der Waals surface area contributed by atoms with E-state index in [2.05, 4.69) is 39.5 Å². The monoisotopic (exact) mass is 386 g/mol. The van der Waals surface area contributed by atoms with Crippen LogP contribution in [0.1, 0.15) is 91.4 Å². The quantitative estimate of drug-likeness (QED) is 0.413. The van der Waals surface area contributed by atoms with Crippen LogP contribution in [0.5, 0.6) is 0 Å². The molecular weight excluding hydrogens is 344 g/mol. The summed E-state index contributed by atoms with van der Waals surface area (Å²) in [5, 5.41) is 20.2. The van der Waals surface area contributed by atoms with Crippen molar-refractivity contribution in [3.63, 3.8) is 0 Å². The normalized spacial score (nSPS) is 38.5. The molecule has 0 aromatic carbocycles. The third-order valence-electron chi connectivity index (χ3n) is 8.29. The zero-order valence-electron chi connectivity index (χ0n) is 18.4. The summed E-state index contributed by atoms with van der Waals surface area (Å²) >= 11 is 0. The average Bonchev–Trinajstić information content (AvgIpc) is 3.02. The van der Waals surface area contributed by atoms with Crippen molar-refractivity contribution < 1.29 is 10.2 Å². The number of rotatable bonds is 6. The lowest BCUT2D eigenvalue weighted by molar-refractivity contribution is 0.0932. The molecule has 158 valence electrons. The van der Waals surface area contributed by atoms with Gasteiger partial charge in [0.05, 0.1) is 12.2 Å². The van der Waals surface area contributed by atoms with Crippen LogP contribution >= 0.6 is 0 Å². The van der Waals surface area contributed by atoms with E-state index in [-0.39, 0.29) is 0 Å². The molecule has 28 heavy (non-hydrogen) atoms. The Hall–Kier alpha value is -0.860. The van der Waals surface area contributed by atoms with Gasteiger partial charge in [-0.05, 0) is 73.7 Å². The SMILES string of the molecule is C=C1[C@H](O)CC(=C/C=C2\CCC[C@@]3(C)C2CCC3[C@@H](C)CCCCC)C[C@H]1O. The third-order valence-corrected chi connectivity index (χ3v) is 8.29. The number of aliphatic hydroxyl groups excluding tert-OH is 2. The van der Waals surface area contributed by atoms with Crippen molar-refractivity contribution in [2.24, 2.45) is 23.2 Å². The first-order chi connectivity index (χ1) is 13.4. The Labute approximate surface area is 172 Å². The number of hydrogen-bond donors (Lipinski definition) is 2. The lowest BCUT2D eigenvalue weighted by Gasteiger charge is -2.44. The number of fused-ring (bicyclic) bond motifs is 1. The van der Waals surface area contributed by atoms with Gasteiger partial charge in [0.25, 0.3) is 0 Å². The zero-order chi connectivity index (χ0) is 20.3. The van der Waals surface area contributed by atoms with Crippen LogP contribution in [0.15, 0.2) is 35.5 Å². The van der Waals surface area contributed by atoms with Gasteiger partial charge in [-0.3, -0.25) is 0 Å². The summed E-state index contributed by atoms with van der Waals surface area (Å²) in [6.07, 6.45) is 16.7. The fourth-order valence-electron chi connectivity index (χ4n) is 6.56. The summed E-state index contributed by atoms with van der Waals surface area (Å²) in [5.41, 5.74) is 3.83. The lowest BCUT2D eigenvalue weighted by atomic mass is 9.60. The molecule has 3 aliphatic rings. The van der Waals surface area contributed by atoms with E-state index in [1.165, 1.54) is 57.8 Å². The second-order valence-corrected chi connectivity index (χ2v) is 10.2. The van der Waals surface area contributed by atoms with Gasteiger partial charge in [-0.15, -0.1) is 0 Å². The molecule has 2 N–H and O–H groups in total. The van der Waals surface area contributed by atoms with Crippen LogP contribution in [0.25, 0.3) is 0 Å². The Balaban J connectivity index is 1.70. The van der Waals surface area contributed by atoms with E-state index < -0.39 is 12.2 Å². The number of allylic oxidation sites excluding steroid dienone is 3. The van der Waals surface area contributed by atoms with Gasteiger partial charge < -0.3 is 10.2 Å².